The lowest BCUT2D eigenvalue weighted by Gasteiger charge is -2.72. The second-order valence-electron chi connectivity index (χ2n) is 14.5. The van der Waals surface area contributed by atoms with Gasteiger partial charge in [0.2, 0.25) is 0 Å². The molecule has 2 nitrogen and oxygen atoms in total. The van der Waals surface area contributed by atoms with E-state index < -0.39 is 0 Å². The Morgan fingerprint density at radius 1 is 0.970 bits per heavy atom. The van der Waals surface area contributed by atoms with Crippen LogP contribution in [0.15, 0.2) is 24.0 Å². The van der Waals surface area contributed by atoms with Gasteiger partial charge in [0.15, 0.2) is 0 Å². The highest BCUT2D eigenvalue weighted by Gasteiger charge is 2.70. The minimum atomic E-state index is -0.0945. The van der Waals surface area contributed by atoms with E-state index in [4.69, 9.17) is 4.74 Å². The summed E-state index contributed by atoms with van der Waals surface area (Å²) < 4.78 is 5.92. The third-order valence-electron chi connectivity index (χ3n) is 13.2. The van der Waals surface area contributed by atoms with Crippen molar-refractivity contribution in [3.05, 3.63) is 24.0 Å². The first-order valence-corrected chi connectivity index (χ1v) is 13.9. The van der Waals surface area contributed by atoms with Crippen molar-refractivity contribution in [2.24, 2.45) is 56.7 Å². The standard InChI is InChI=1S/C31H50O2/c1-20(2)21-11-16-31(19-33-8)18-17-29(6)22(26(21)31)9-10-24-28(5)14-13-25(32)27(3,4)23(28)12-15-30(24,29)7/h13,21-24,26,32H,1,9-12,14-19H2,2-8H3/t21-,22+,23-,24+,26+,28-,29+,30+,31+/m0/s1. The molecule has 1 N–H and O–H groups in total. The predicted octanol–water partition coefficient (Wildman–Crippen LogP) is 8.34. The number of ether oxygens (including phenoxy) is 1. The molecule has 186 valence electrons. The summed E-state index contributed by atoms with van der Waals surface area (Å²) in [5.41, 5.74) is 2.74. The molecule has 33 heavy (non-hydrogen) atoms. The highest BCUT2D eigenvalue weighted by molar-refractivity contribution is 5.24. The Morgan fingerprint density at radius 3 is 2.36 bits per heavy atom. The fourth-order valence-electron chi connectivity index (χ4n) is 11.4. The highest BCUT2D eigenvalue weighted by atomic mass is 16.5. The molecule has 5 rings (SSSR count). The van der Waals surface area contributed by atoms with Gasteiger partial charge in [0.25, 0.3) is 0 Å². The van der Waals surface area contributed by atoms with E-state index >= 15 is 0 Å². The number of rotatable bonds is 3. The maximum absolute atomic E-state index is 10.8. The number of fused-ring (bicyclic) bond motifs is 7. The SMILES string of the molecule is C=C(C)[C@@H]1CC[C@]2(COC)CC[C@]3(C)[C@H](CC[C@@H]4[C@@]5(C)CC=C(O)C(C)(C)[C@@H]5CC[C@]43C)[C@@H]12. The monoisotopic (exact) mass is 454 g/mol. The smallest absolute Gasteiger partial charge is 0.0942 e. The van der Waals surface area contributed by atoms with Crippen LogP contribution in [0.4, 0.5) is 0 Å². The molecule has 0 spiro atoms. The van der Waals surface area contributed by atoms with Gasteiger partial charge in [0.1, 0.15) is 0 Å². The number of methoxy groups -OCH3 is 1. The molecule has 0 heterocycles. The van der Waals surface area contributed by atoms with Crippen LogP contribution in [0.2, 0.25) is 0 Å². The third kappa shape index (κ3) is 2.88. The number of allylic oxidation sites excluding steroid dienone is 3. The maximum Gasteiger partial charge on any atom is 0.0942 e. The van der Waals surface area contributed by atoms with Crippen molar-refractivity contribution in [2.75, 3.05) is 13.7 Å². The molecule has 0 radical (unpaired) electrons. The molecule has 0 unspecified atom stereocenters. The van der Waals surface area contributed by atoms with E-state index in [1.54, 1.807) is 0 Å². The average molecular weight is 455 g/mol. The summed E-state index contributed by atoms with van der Waals surface area (Å²) in [5, 5.41) is 10.8. The molecule has 0 aliphatic heterocycles. The van der Waals surface area contributed by atoms with Gasteiger partial charge in [-0.1, -0.05) is 46.8 Å². The van der Waals surface area contributed by atoms with Crippen LogP contribution in [0.5, 0.6) is 0 Å². The van der Waals surface area contributed by atoms with Crippen molar-refractivity contribution < 1.29 is 9.84 Å². The molecular formula is C31H50O2. The fraction of sp³-hybridized carbons (Fsp3) is 0.871. The van der Waals surface area contributed by atoms with Crippen LogP contribution >= 0.6 is 0 Å². The minimum absolute atomic E-state index is 0.0945. The van der Waals surface area contributed by atoms with Crippen LogP contribution in [0.25, 0.3) is 0 Å². The molecule has 0 saturated heterocycles. The van der Waals surface area contributed by atoms with Crippen LogP contribution in [0.3, 0.4) is 0 Å². The Kier molecular flexibility index (Phi) is 5.35. The summed E-state index contributed by atoms with van der Waals surface area (Å²) in [6, 6.07) is 0. The Labute approximate surface area is 203 Å². The second-order valence-corrected chi connectivity index (χ2v) is 14.5. The lowest BCUT2D eigenvalue weighted by molar-refractivity contribution is -0.232. The molecule has 0 aromatic carbocycles. The van der Waals surface area contributed by atoms with Crippen LogP contribution < -0.4 is 0 Å². The minimum Gasteiger partial charge on any atom is -0.512 e. The number of hydrogen-bond donors (Lipinski definition) is 1. The predicted molar refractivity (Wildman–Crippen MR) is 137 cm³/mol. The molecule has 4 saturated carbocycles. The molecule has 2 heteroatoms. The number of aliphatic hydroxyl groups excluding tert-OH is 1. The van der Waals surface area contributed by atoms with E-state index in [2.05, 4.69) is 54.2 Å². The van der Waals surface area contributed by atoms with E-state index in [-0.39, 0.29) is 5.41 Å². The van der Waals surface area contributed by atoms with Gasteiger partial charge in [-0.15, -0.1) is 0 Å². The van der Waals surface area contributed by atoms with Gasteiger partial charge in [0, 0.05) is 12.5 Å². The quantitative estimate of drug-likeness (QED) is 0.434. The summed E-state index contributed by atoms with van der Waals surface area (Å²) in [6.45, 7) is 20.3. The lowest BCUT2D eigenvalue weighted by atomic mass is 9.32. The maximum atomic E-state index is 10.8. The van der Waals surface area contributed by atoms with Crippen molar-refractivity contribution in [2.45, 2.75) is 99.3 Å². The van der Waals surface area contributed by atoms with E-state index in [0.717, 1.165) is 30.8 Å². The molecular weight excluding hydrogens is 404 g/mol. The molecule has 0 amide bonds. The normalized spacial score (nSPS) is 52.7. The van der Waals surface area contributed by atoms with Crippen LogP contribution in [-0.4, -0.2) is 18.8 Å². The molecule has 0 bridgehead atoms. The van der Waals surface area contributed by atoms with E-state index in [9.17, 15) is 5.11 Å². The van der Waals surface area contributed by atoms with Gasteiger partial charge in [-0.2, -0.15) is 0 Å². The van der Waals surface area contributed by atoms with Crippen molar-refractivity contribution in [1.29, 1.82) is 0 Å². The molecule has 4 fully saturated rings. The summed E-state index contributed by atoms with van der Waals surface area (Å²) >= 11 is 0. The van der Waals surface area contributed by atoms with Gasteiger partial charge < -0.3 is 9.84 Å². The van der Waals surface area contributed by atoms with Gasteiger partial charge in [-0.3, -0.25) is 0 Å². The molecule has 9 atom stereocenters. The van der Waals surface area contributed by atoms with Gasteiger partial charge in [0.05, 0.1) is 12.4 Å². The Hall–Kier alpha value is -0.760. The first kappa shape index (κ1) is 24.0. The zero-order valence-corrected chi connectivity index (χ0v) is 22.6. The van der Waals surface area contributed by atoms with Crippen LogP contribution in [0.1, 0.15) is 99.3 Å². The van der Waals surface area contributed by atoms with Gasteiger partial charge in [-0.25, -0.2) is 0 Å². The second kappa shape index (κ2) is 7.37. The van der Waals surface area contributed by atoms with Gasteiger partial charge in [-0.05, 0) is 122 Å². The fourth-order valence-corrected chi connectivity index (χ4v) is 11.4. The summed E-state index contributed by atoms with van der Waals surface area (Å²) in [6.07, 6.45) is 13.9. The first-order chi connectivity index (χ1) is 15.4. The Morgan fingerprint density at radius 2 is 1.70 bits per heavy atom. The van der Waals surface area contributed by atoms with Crippen molar-refractivity contribution in [1.82, 2.24) is 0 Å². The van der Waals surface area contributed by atoms with Crippen LogP contribution in [0, 0.1) is 56.7 Å². The number of hydrogen-bond acceptors (Lipinski definition) is 2. The molecule has 5 aliphatic carbocycles. The average Bonchev–Trinajstić information content (AvgIpc) is 3.12. The Balaban J connectivity index is 1.56. The lowest BCUT2D eigenvalue weighted by Crippen LogP contribution is -2.65. The zero-order valence-electron chi connectivity index (χ0n) is 22.6. The largest absolute Gasteiger partial charge is 0.512 e. The molecule has 0 aromatic rings. The number of aliphatic hydroxyl groups is 1. The molecule has 5 aliphatic rings. The van der Waals surface area contributed by atoms with Crippen molar-refractivity contribution in [3.8, 4) is 0 Å². The summed E-state index contributed by atoms with van der Waals surface area (Å²) in [4.78, 5) is 0. The van der Waals surface area contributed by atoms with E-state index in [0.29, 0.717) is 39.3 Å². The topological polar surface area (TPSA) is 29.5 Å². The third-order valence-corrected chi connectivity index (χ3v) is 13.2. The summed E-state index contributed by atoms with van der Waals surface area (Å²) in [7, 11) is 1.92. The van der Waals surface area contributed by atoms with Crippen molar-refractivity contribution >= 4 is 0 Å². The first-order valence-electron chi connectivity index (χ1n) is 13.9. The van der Waals surface area contributed by atoms with Gasteiger partial charge >= 0.3 is 0 Å². The van der Waals surface area contributed by atoms with Crippen molar-refractivity contribution in [3.63, 3.8) is 0 Å². The Bertz CT molecular complexity index is 855. The highest BCUT2D eigenvalue weighted by Crippen LogP contribution is 2.77. The van der Waals surface area contributed by atoms with E-state index in [1.165, 1.54) is 56.9 Å². The zero-order chi connectivity index (χ0) is 24.0. The molecule has 0 aromatic heterocycles. The summed E-state index contributed by atoms with van der Waals surface area (Å²) in [5.74, 6) is 4.17. The van der Waals surface area contributed by atoms with Crippen LogP contribution in [-0.2, 0) is 4.74 Å². The van der Waals surface area contributed by atoms with E-state index in [1.807, 2.05) is 7.11 Å².